The summed E-state index contributed by atoms with van der Waals surface area (Å²) in [5.41, 5.74) is 1.56. The van der Waals surface area contributed by atoms with Gasteiger partial charge in [-0.05, 0) is 18.6 Å². The van der Waals surface area contributed by atoms with Crippen LogP contribution < -0.4 is 10.9 Å². The zero-order valence-electron chi connectivity index (χ0n) is 11.5. The van der Waals surface area contributed by atoms with E-state index in [0.29, 0.717) is 18.3 Å². The van der Waals surface area contributed by atoms with Gasteiger partial charge in [0, 0.05) is 0 Å². The number of alkyl halides is 3. The van der Waals surface area contributed by atoms with Crippen LogP contribution in [0.4, 0.5) is 17.6 Å². The fourth-order valence-electron chi connectivity index (χ4n) is 2.12. The fourth-order valence-corrected chi connectivity index (χ4v) is 2.12. The van der Waals surface area contributed by atoms with E-state index >= 15 is 0 Å². The van der Waals surface area contributed by atoms with E-state index in [1.165, 1.54) is 0 Å². The normalized spacial score (nSPS) is 11.3. The third-order valence-corrected chi connectivity index (χ3v) is 3.34. The Morgan fingerprint density at radius 3 is 2.24 bits per heavy atom. The molecule has 21 heavy (non-hydrogen) atoms. The Bertz CT molecular complexity index is 657. The highest BCUT2D eigenvalue weighted by atomic mass is 19.4. The average molecular weight is 292 g/mol. The Labute approximate surface area is 121 Å². The number of halogens is 4. The Morgan fingerprint density at radius 1 is 1.10 bits per heavy atom. The van der Waals surface area contributed by atoms with Gasteiger partial charge in [-0.1, -0.05) is 59.5 Å². The van der Waals surface area contributed by atoms with Crippen molar-refractivity contribution in [2.75, 3.05) is 0 Å². The molecule has 0 heterocycles. The summed E-state index contributed by atoms with van der Waals surface area (Å²) in [6.45, 7) is 5.25. The van der Waals surface area contributed by atoms with Gasteiger partial charge in [0.1, 0.15) is 5.82 Å². The first-order valence-corrected chi connectivity index (χ1v) is 6.39. The molecule has 5 heteroatoms. The van der Waals surface area contributed by atoms with Crippen LogP contribution in [0.1, 0.15) is 16.7 Å². The summed E-state index contributed by atoms with van der Waals surface area (Å²) in [6, 6.07) is 9.17. The quantitative estimate of drug-likeness (QED) is 0.602. The molecule has 0 saturated carbocycles. The van der Waals surface area contributed by atoms with E-state index in [9.17, 15) is 17.6 Å². The van der Waals surface area contributed by atoms with Crippen molar-refractivity contribution in [3.63, 3.8) is 0 Å². The largest absolute Gasteiger partial charge is 0.419 e. The molecule has 0 aromatic heterocycles. The minimum atomic E-state index is -4.68. The van der Waals surface area contributed by atoms with Crippen molar-refractivity contribution >= 4 is 24.3 Å². The first-order chi connectivity index (χ1) is 9.81. The topological polar surface area (TPSA) is 0 Å². The molecule has 2 aromatic rings. The Morgan fingerprint density at radius 2 is 1.71 bits per heavy atom. The lowest BCUT2D eigenvalue weighted by molar-refractivity contribution is -0.139. The predicted molar refractivity (Wildman–Crippen MR) is 79.1 cm³/mol. The maximum Gasteiger partial charge on any atom is 0.419 e. The maximum atomic E-state index is 13.4. The van der Waals surface area contributed by atoms with Crippen molar-refractivity contribution in [1.82, 2.24) is 0 Å². The molecule has 0 saturated heterocycles. The van der Waals surface area contributed by atoms with E-state index in [0.717, 1.165) is 23.2 Å². The fraction of sp³-hybridized carbons (Fsp3) is 0.125. The summed E-state index contributed by atoms with van der Waals surface area (Å²) < 4.78 is 51.7. The SMILES string of the molecule is C=Cc1ccc(Bc2cc(C(F)(F)F)c(F)cc2C)cc1. The predicted octanol–water partition coefficient (Wildman–Crippen LogP) is 3.18. The lowest BCUT2D eigenvalue weighted by Gasteiger charge is -2.12. The van der Waals surface area contributed by atoms with Crippen LogP contribution in [0.5, 0.6) is 0 Å². The minimum absolute atomic E-state index is 0.326. The molecular formula is C16H13BF4. The molecule has 0 unspecified atom stereocenters. The molecule has 0 spiro atoms. The summed E-state index contributed by atoms with van der Waals surface area (Å²) in [5.74, 6) is -1.23. The first kappa shape index (κ1) is 15.4. The van der Waals surface area contributed by atoms with E-state index in [-0.39, 0.29) is 0 Å². The van der Waals surface area contributed by atoms with Gasteiger partial charge in [0.15, 0.2) is 7.28 Å². The van der Waals surface area contributed by atoms with Crippen LogP contribution in [0.25, 0.3) is 6.08 Å². The van der Waals surface area contributed by atoms with Crippen LogP contribution in [-0.2, 0) is 6.18 Å². The number of rotatable bonds is 3. The van der Waals surface area contributed by atoms with E-state index in [1.54, 1.807) is 13.0 Å². The van der Waals surface area contributed by atoms with Gasteiger partial charge in [-0.2, -0.15) is 13.2 Å². The molecule has 0 bridgehead atoms. The summed E-state index contributed by atoms with van der Waals surface area (Å²) >= 11 is 0. The standard InChI is InChI=1S/C16H13BF4/c1-3-11-4-6-12(7-5-11)17-14-9-13(16(19,20)21)15(18)8-10(14)2/h3-9,17H,1H2,2H3. The Kier molecular flexibility index (Phi) is 4.21. The summed E-state index contributed by atoms with van der Waals surface area (Å²) in [6.07, 6.45) is -2.99. The van der Waals surface area contributed by atoms with Gasteiger partial charge in [-0.3, -0.25) is 0 Å². The zero-order valence-corrected chi connectivity index (χ0v) is 11.5. The number of aryl methyl sites for hydroxylation is 1. The third-order valence-electron chi connectivity index (χ3n) is 3.34. The van der Waals surface area contributed by atoms with Gasteiger partial charge in [-0.25, -0.2) is 4.39 Å². The molecule has 0 radical (unpaired) electrons. The molecule has 0 aliphatic carbocycles. The average Bonchev–Trinajstić information content (AvgIpc) is 2.41. The molecule has 0 fully saturated rings. The molecule has 0 N–H and O–H groups in total. The lowest BCUT2D eigenvalue weighted by atomic mass is 9.62. The highest BCUT2D eigenvalue weighted by Gasteiger charge is 2.34. The van der Waals surface area contributed by atoms with Crippen LogP contribution in [-0.4, -0.2) is 7.28 Å². The molecule has 2 rings (SSSR count). The summed E-state index contributed by atoms with van der Waals surface area (Å²) in [4.78, 5) is 0. The summed E-state index contributed by atoms with van der Waals surface area (Å²) in [7, 11) is 0.326. The summed E-state index contributed by atoms with van der Waals surface area (Å²) in [5, 5.41) is 0. The van der Waals surface area contributed by atoms with E-state index in [4.69, 9.17) is 0 Å². The van der Waals surface area contributed by atoms with Crippen molar-refractivity contribution in [1.29, 1.82) is 0 Å². The number of hydrogen-bond donors (Lipinski definition) is 0. The monoisotopic (exact) mass is 292 g/mol. The van der Waals surface area contributed by atoms with E-state index < -0.39 is 17.6 Å². The van der Waals surface area contributed by atoms with Crippen LogP contribution in [0.15, 0.2) is 43.0 Å². The second-order valence-electron chi connectivity index (χ2n) is 4.88. The lowest BCUT2D eigenvalue weighted by Crippen LogP contribution is -2.30. The molecule has 0 amide bonds. The van der Waals surface area contributed by atoms with Gasteiger partial charge in [0.25, 0.3) is 0 Å². The smallest absolute Gasteiger partial charge is 0.206 e. The third kappa shape index (κ3) is 3.54. The van der Waals surface area contributed by atoms with Gasteiger partial charge < -0.3 is 0 Å². The second kappa shape index (κ2) is 5.76. The highest BCUT2D eigenvalue weighted by molar-refractivity contribution is 6.67. The molecule has 0 aliphatic heterocycles. The molecule has 2 aromatic carbocycles. The van der Waals surface area contributed by atoms with Gasteiger partial charge in [0.2, 0.25) is 0 Å². The van der Waals surface area contributed by atoms with Gasteiger partial charge in [0.05, 0.1) is 5.56 Å². The van der Waals surface area contributed by atoms with Crippen molar-refractivity contribution in [2.45, 2.75) is 13.1 Å². The van der Waals surface area contributed by atoms with Crippen molar-refractivity contribution < 1.29 is 17.6 Å². The Hall–Kier alpha value is -2.04. The van der Waals surface area contributed by atoms with Gasteiger partial charge >= 0.3 is 6.18 Å². The van der Waals surface area contributed by atoms with Crippen molar-refractivity contribution in [2.24, 2.45) is 0 Å². The molecular weight excluding hydrogens is 279 g/mol. The highest BCUT2D eigenvalue weighted by Crippen LogP contribution is 2.30. The molecule has 0 atom stereocenters. The van der Waals surface area contributed by atoms with Crippen LogP contribution in [0.3, 0.4) is 0 Å². The second-order valence-corrected chi connectivity index (χ2v) is 4.88. The Balaban J connectivity index is 2.37. The number of benzene rings is 2. The van der Waals surface area contributed by atoms with Crippen molar-refractivity contribution in [3.05, 3.63) is 65.5 Å². The van der Waals surface area contributed by atoms with Crippen molar-refractivity contribution in [3.8, 4) is 0 Å². The number of hydrogen-bond acceptors (Lipinski definition) is 0. The zero-order chi connectivity index (χ0) is 15.6. The molecule has 0 aliphatic rings. The van der Waals surface area contributed by atoms with E-state index in [2.05, 4.69) is 6.58 Å². The van der Waals surface area contributed by atoms with Gasteiger partial charge in [-0.15, -0.1) is 0 Å². The minimum Gasteiger partial charge on any atom is -0.206 e. The first-order valence-electron chi connectivity index (χ1n) is 6.39. The van der Waals surface area contributed by atoms with Crippen LogP contribution >= 0.6 is 0 Å². The molecule has 0 nitrogen and oxygen atoms in total. The van der Waals surface area contributed by atoms with Crippen LogP contribution in [0, 0.1) is 12.7 Å². The van der Waals surface area contributed by atoms with Crippen LogP contribution in [0.2, 0.25) is 0 Å². The van der Waals surface area contributed by atoms with E-state index in [1.807, 2.05) is 24.3 Å². The maximum absolute atomic E-state index is 13.4. The molecule has 108 valence electrons.